The fraction of sp³-hybridized carbons (Fsp3) is 0.522. The fourth-order valence-corrected chi connectivity index (χ4v) is 9.99. The number of aliphatic hydroxyl groups excluding tert-OH is 1. The van der Waals surface area contributed by atoms with Gasteiger partial charge in [-0.25, -0.2) is 23.3 Å². The molecule has 16 nitrogen and oxygen atoms in total. The van der Waals surface area contributed by atoms with Gasteiger partial charge < -0.3 is 30.1 Å². The van der Waals surface area contributed by atoms with E-state index >= 15 is 0 Å². The van der Waals surface area contributed by atoms with Crippen LogP contribution in [0.3, 0.4) is 0 Å². The molecule has 0 spiro atoms. The number of aromatic amines is 1. The van der Waals surface area contributed by atoms with Crippen LogP contribution in [-0.2, 0) is 39.3 Å². The van der Waals surface area contributed by atoms with Crippen molar-refractivity contribution in [2.24, 2.45) is 12.5 Å². The molecule has 5 heterocycles. The summed E-state index contributed by atoms with van der Waals surface area (Å²) in [6.07, 6.45) is 1.41. The number of carbonyl (C=O) groups is 3. The Morgan fingerprint density at radius 3 is 2.57 bits per heavy atom. The average molecular weight is 980 g/mol. The normalized spacial score (nSPS) is 19.5. The summed E-state index contributed by atoms with van der Waals surface area (Å²) in [6, 6.07) is 9.48. The number of imidazole rings is 1. The van der Waals surface area contributed by atoms with E-state index in [0.29, 0.717) is 29.9 Å². The molecule has 348 valence electrons. The van der Waals surface area contributed by atoms with Gasteiger partial charge in [-0.1, -0.05) is 39.0 Å². The van der Waals surface area contributed by atoms with Crippen LogP contribution in [0.2, 0.25) is 0 Å². The molecule has 0 bridgehead atoms. The minimum absolute atomic E-state index is 0.0279. The van der Waals surface area contributed by atoms with Gasteiger partial charge in [-0.2, -0.15) is 0 Å². The summed E-state index contributed by atoms with van der Waals surface area (Å²) >= 11 is 5.05. The minimum Gasteiger partial charge on any atom is -0.491 e. The number of likely N-dealkylation sites (tertiary alicyclic amines) is 1. The van der Waals surface area contributed by atoms with Gasteiger partial charge in [0.05, 0.1) is 49.0 Å². The number of nitrogens with zero attached hydrogens (tertiary/aromatic N) is 6. The third kappa shape index (κ3) is 10.3. The Morgan fingerprint density at radius 1 is 1.11 bits per heavy atom. The summed E-state index contributed by atoms with van der Waals surface area (Å²) in [5.41, 5.74) is 3.42. The lowest BCUT2D eigenvalue weighted by Crippen LogP contribution is -2.59. The topological polar surface area (TPSA) is 178 Å². The summed E-state index contributed by atoms with van der Waals surface area (Å²) in [7, 11) is 1.98. The van der Waals surface area contributed by atoms with Crippen molar-refractivity contribution in [2.75, 3.05) is 59.1 Å². The Kier molecular flexibility index (Phi) is 13.8. The number of β-amino-alcohol motifs (C(OH)–C–C–N with tert-alkyl or cyclic N) is 1. The number of halogens is 2. The molecule has 19 heteroatoms. The monoisotopic (exact) mass is 978 g/mol. The van der Waals surface area contributed by atoms with Crippen LogP contribution in [0.1, 0.15) is 57.0 Å². The molecule has 8 rings (SSSR count). The number of aryl methyl sites for hydroxylation is 2. The first-order valence-corrected chi connectivity index (χ1v) is 23.8. The summed E-state index contributed by atoms with van der Waals surface area (Å²) < 4.78 is 31.8. The Labute approximate surface area is 389 Å². The van der Waals surface area contributed by atoms with Crippen molar-refractivity contribution in [1.82, 2.24) is 39.9 Å². The SMILES string of the molecule is Cc1ncsc1-c1ccc(CNC(=O)[C@@H]2C[C@@H](O)CN2C(=O)[C@@H](NC(=O)C2(F)CC2)C(C)(C)C)c(OCCOCCN2CCN(Cc3c[n+]4c5cccc(Br)c5c(=O)[nH]c4n3C)CC2)c1. The maximum absolute atomic E-state index is 14.6. The first-order valence-electron chi connectivity index (χ1n) is 22.2. The maximum Gasteiger partial charge on any atom is 0.370 e. The molecule has 0 radical (unpaired) electrons. The molecule has 5 aromatic rings. The van der Waals surface area contributed by atoms with Crippen LogP contribution in [0.4, 0.5) is 4.39 Å². The second-order valence-electron chi connectivity index (χ2n) is 18.5. The molecule has 3 fully saturated rings. The van der Waals surface area contributed by atoms with Crippen LogP contribution < -0.4 is 25.3 Å². The van der Waals surface area contributed by atoms with Gasteiger partial charge >= 0.3 is 11.3 Å². The highest BCUT2D eigenvalue weighted by atomic mass is 79.9. The molecular formula is C46H58BrFN9O7S+. The lowest BCUT2D eigenvalue weighted by molar-refractivity contribution is -0.483. The van der Waals surface area contributed by atoms with E-state index in [9.17, 15) is 28.7 Å². The smallest absolute Gasteiger partial charge is 0.370 e. The molecule has 3 amide bonds. The molecule has 0 unspecified atom stereocenters. The molecule has 3 aromatic heterocycles. The third-order valence-corrected chi connectivity index (χ3v) is 14.4. The van der Waals surface area contributed by atoms with Crippen LogP contribution in [0.25, 0.3) is 27.1 Å². The van der Waals surface area contributed by atoms with Gasteiger partial charge in [0.15, 0.2) is 5.67 Å². The summed E-state index contributed by atoms with van der Waals surface area (Å²) in [5, 5.41) is 16.8. The number of piperazine rings is 1. The number of aromatic nitrogens is 4. The number of fused-ring (bicyclic) bond motifs is 3. The highest BCUT2D eigenvalue weighted by molar-refractivity contribution is 9.10. The van der Waals surface area contributed by atoms with Crippen molar-refractivity contribution < 1.29 is 37.8 Å². The van der Waals surface area contributed by atoms with Crippen LogP contribution in [0.15, 0.2) is 57.4 Å². The summed E-state index contributed by atoms with van der Waals surface area (Å²) in [4.78, 5) is 67.8. The largest absolute Gasteiger partial charge is 0.491 e. The standard InChI is InChI=1S/C46H57BrFN9O7S/c1-28-38(65-27-50-28)29-9-10-30(23-49-40(59)35-22-32(58)26-56(35)42(61)39(45(2,3)4)51-43(62)46(48)11-12-46)36(21-29)64-20-19-63-18-17-54-13-15-55(16-14-54)24-31-25-57-34-8-6-7-33(47)37(34)41(60)52-44(57)53(31)5/h6-10,21,25,27,32,35,39,58H,11-20,22-24,26H2,1-5H3,(H2,49,51,59,62)/p+1/t32-,35+,39-/m1/s1. The lowest BCUT2D eigenvalue weighted by Gasteiger charge is -2.35. The van der Waals surface area contributed by atoms with Gasteiger partial charge in [0.25, 0.3) is 5.91 Å². The highest BCUT2D eigenvalue weighted by Gasteiger charge is 2.53. The summed E-state index contributed by atoms with van der Waals surface area (Å²) in [6.45, 7) is 13.6. The second-order valence-corrected chi connectivity index (χ2v) is 20.2. The number of alkyl halides is 1. The number of hydrogen-bond acceptors (Lipinski definition) is 11. The van der Waals surface area contributed by atoms with E-state index in [2.05, 4.69) is 52.5 Å². The molecule has 1 saturated carbocycles. The van der Waals surface area contributed by atoms with E-state index in [1.807, 2.05) is 59.3 Å². The average Bonchev–Trinajstić information content (AvgIpc) is 3.52. The fourth-order valence-electron chi connectivity index (χ4n) is 8.65. The molecule has 65 heavy (non-hydrogen) atoms. The van der Waals surface area contributed by atoms with E-state index < -0.39 is 47.0 Å². The predicted molar refractivity (Wildman–Crippen MR) is 247 cm³/mol. The van der Waals surface area contributed by atoms with Crippen LogP contribution in [-0.4, -0.2) is 135 Å². The number of ether oxygens (including phenoxy) is 2. The van der Waals surface area contributed by atoms with E-state index in [0.717, 1.165) is 76.9 Å². The number of thiazole rings is 1. The zero-order valence-corrected chi connectivity index (χ0v) is 39.9. The van der Waals surface area contributed by atoms with E-state index in [1.54, 1.807) is 26.3 Å². The van der Waals surface area contributed by atoms with Gasteiger partial charge in [-0.05, 0) is 64.9 Å². The number of nitrogens with one attached hydrogen (secondary N) is 3. The molecular weight excluding hydrogens is 922 g/mol. The van der Waals surface area contributed by atoms with Gasteiger partial charge in [-0.15, -0.1) is 11.3 Å². The predicted octanol–water partition coefficient (Wildman–Crippen LogP) is 3.62. The molecule has 2 saturated heterocycles. The lowest BCUT2D eigenvalue weighted by atomic mass is 9.85. The van der Waals surface area contributed by atoms with Crippen molar-refractivity contribution in [2.45, 2.75) is 83.9 Å². The van der Waals surface area contributed by atoms with Crippen molar-refractivity contribution in [3.63, 3.8) is 0 Å². The quantitative estimate of drug-likeness (QED) is 0.0844. The zero-order chi connectivity index (χ0) is 46.2. The van der Waals surface area contributed by atoms with Crippen molar-refractivity contribution in [3.8, 4) is 16.2 Å². The first-order chi connectivity index (χ1) is 31.0. The minimum atomic E-state index is -1.97. The number of benzene rings is 2. The maximum atomic E-state index is 14.6. The summed E-state index contributed by atoms with van der Waals surface area (Å²) in [5.74, 6) is -0.508. The van der Waals surface area contributed by atoms with Crippen molar-refractivity contribution >= 4 is 61.7 Å². The van der Waals surface area contributed by atoms with Gasteiger partial charge in [0, 0.05) is 62.3 Å². The highest BCUT2D eigenvalue weighted by Crippen LogP contribution is 2.40. The molecule has 3 atom stereocenters. The van der Waals surface area contributed by atoms with Gasteiger partial charge in [-0.3, -0.25) is 29.0 Å². The number of rotatable bonds is 16. The molecule has 2 aromatic carbocycles. The number of amides is 3. The van der Waals surface area contributed by atoms with E-state index in [4.69, 9.17) is 9.47 Å². The van der Waals surface area contributed by atoms with Crippen LogP contribution in [0.5, 0.6) is 5.75 Å². The van der Waals surface area contributed by atoms with Crippen molar-refractivity contribution in [1.29, 1.82) is 0 Å². The second kappa shape index (κ2) is 19.2. The van der Waals surface area contributed by atoms with E-state index in [1.165, 1.54) is 16.2 Å². The van der Waals surface area contributed by atoms with Gasteiger partial charge in [0.2, 0.25) is 11.8 Å². The Bertz CT molecular complexity index is 2630. The zero-order valence-electron chi connectivity index (χ0n) is 37.5. The van der Waals surface area contributed by atoms with Gasteiger partial charge in [0.1, 0.15) is 47.2 Å². The number of aliphatic hydroxyl groups is 1. The Morgan fingerprint density at radius 2 is 1.86 bits per heavy atom. The molecule has 2 aliphatic heterocycles. The number of H-pyrrole nitrogens is 1. The van der Waals surface area contributed by atoms with Crippen LogP contribution >= 0.6 is 27.3 Å². The van der Waals surface area contributed by atoms with E-state index in [-0.39, 0.29) is 44.5 Å². The Hall–Kier alpha value is -4.79. The van der Waals surface area contributed by atoms with Crippen LogP contribution in [0, 0.1) is 12.3 Å². The molecule has 1 aliphatic carbocycles. The molecule has 4 N–H and O–H groups in total. The number of carbonyl (C=O) groups excluding carboxylic acids is 3. The van der Waals surface area contributed by atoms with Crippen molar-refractivity contribution in [3.05, 3.63) is 79.9 Å². The molecule has 3 aliphatic rings. The Balaban J connectivity index is 0.830. The number of hydrogen-bond donors (Lipinski definition) is 4. The third-order valence-electron chi connectivity index (χ3n) is 12.7. The first kappa shape index (κ1) is 46.7.